The largest absolute Gasteiger partial charge is 0.456 e. The molecule has 0 atom stereocenters. The molecule has 4 heterocycles. The number of aromatic nitrogens is 3. The van der Waals surface area contributed by atoms with Crippen LogP contribution >= 0.6 is 0 Å². The molecule has 0 amide bonds. The number of rotatable bonds is 3. The number of hydrogen-bond acceptors (Lipinski definition) is 4. The quantitative estimate of drug-likeness (QED) is 0.186. The summed E-state index contributed by atoms with van der Waals surface area (Å²) in [5.41, 5.74) is 10.7. The SMILES string of the molecule is C1=CC(c2cc3oc4c(ccc5c4c4ccccc4n5-c4nc(-c5ccc6c(c5)oc5ccccc56)c5ccccc5n4)c3c3ccccc23)=CCC1. The molecular formula is C48H29N3O2. The number of furan rings is 2. The topological polar surface area (TPSA) is 57.0 Å². The Morgan fingerprint density at radius 2 is 1.26 bits per heavy atom. The van der Waals surface area contributed by atoms with Gasteiger partial charge in [0.15, 0.2) is 0 Å². The lowest BCUT2D eigenvalue weighted by molar-refractivity contribution is 0.669. The summed E-state index contributed by atoms with van der Waals surface area (Å²) in [5, 5.41) is 10.0. The molecule has 5 nitrogen and oxygen atoms in total. The summed E-state index contributed by atoms with van der Waals surface area (Å²) in [7, 11) is 0. The Morgan fingerprint density at radius 1 is 0.509 bits per heavy atom. The maximum absolute atomic E-state index is 6.98. The zero-order valence-electron chi connectivity index (χ0n) is 28.5. The van der Waals surface area contributed by atoms with Gasteiger partial charge in [-0.15, -0.1) is 0 Å². The molecule has 4 aromatic heterocycles. The van der Waals surface area contributed by atoms with Crippen molar-refractivity contribution < 1.29 is 8.83 Å². The summed E-state index contributed by atoms with van der Waals surface area (Å²) in [6.07, 6.45) is 8.98. The minimum absolute atomic E-state index is 0.605. The molecule has 5 heteroatoms. The van der Waals surface area contributed by atoms with E-state index in [1.807, 2.05) is 30.3 Å². The molecule has 0 N–H and O–H groups in total. The number of hydrogen-bond donors (Lipinski definition) is 0. The van der Waals surface area contributed by atoms with Gasteiger partial charge in [0.05, 0.1) is 27.6 Å². The van der Waals surface area contributed by atoms with E-state index in [1.165, 1.54) is 21.9 Å². The van der Waals surface area contributed by atoms with E-state index in [4.69, 9.17) is 18.8 Å². The van der Waals surface area contributed by atoms with E-state index in [9.17, 15) is 0 Å². The molecule has 248 valence electrons. The lowest BCUT2D eigenvalue weighted by Gasteiger charge is -2.12. The van der Waals surface area contributed by atoms with Crippen LogP contribution in [0.1, 0.15) is 18.4 Å². The fourth-order valence-corrected chi connectivity index (χ4v) is 8.67. The minimum Gasteiger partial charge on any atom is -0.456 e. The van der Waals surface area contributed by atoms with E-state index >= 15 is 0 Å². The summed E-state index contributed by atoms with van der Waals surface area (Å²) in [5.74, 6) is 0.605. The van der Waals surface area contributed by atoms with E-state index in [1.54, 1.807) is 0 Å². The average molecular weight is 680 g/mol. The number of fused-ring (bicyclic) bond motifs is 13. The first kappa shape index (κ1) is 28.7. The molecule has 0 radical (unpaired) electrons. The molecule has 0 fully saturated rings. The van der Waals surface area contributed by atoms with Crippen LogP contribution in [-0.2, 0) is 0 Å². The minimum atomic E-state index is 0.605. The third-order valence-electron chi connectivity index (χ3n) is 11.0. The number of nitrogens with zero attached hydrogens (tertiary/aromatic N) is 3. The molecule has 0 aliphatic heterocycles. The number of para-hydroxylation sites is 3. The van der Waals surface area contributed by atoms with Gasteiger partial charge in [-0.2, -0.15) is 0 Å². The summed E-state index contributed by atoms with van der Waals surface area (Å²) < 4.78 is 15.5. The van der Waals surface area contributed by atoms with E-state index in [2.05, 4.69) is 126 Å². The van der Waals surface area contributed by atoms with Gasteiger partial charge in [-0.05, 0) is 83.3 Å². The zero-order valence-corrected chi connectivity index (χ0v) is 28.5. The van der Waals surface area contributed by atoms with E-state index in [-0.39, 0.29) is 0 Å². The van der Waals surface area contributed by atoms with Crippen molar-refractivity contribution in [3.05, 3.63) is 157 Å². The van der Waals surface area contributed by atoms with E-state index < -0.39 is 0 Å². The molecule has 7 aromatic carbocycles. The van der Waals surface area contributed by atoms with Gasteiger partial charge in [-0.1, -0.05) is 103 Å². The Kier molecular flexibility index (Phi) is 5.83. The summed E-state index contributed by atoms with van der Waals surface area (Å²) in [6.45, 7) is 0. The Bertz CT molecular complexity index is 3410. The van der Waals surface area contributed by atoms with Gasteiger partial charge >= 0.3 is 0 Å². The van der Waals surface area contributed by atoms with E-state index in [0.717, 1.165) is 101 Å². The van der Waals surface area contributed by atoms with Crippen molar-refractivity contribution in [1.82, 2.24) is 14.5 Å². The van der Waals surface area contributed by atoms with Gasteiger partial charge in [0.1, 0.15) is 22.3 Å². The van der Waals surface area contributed by atoms with Crippen LogP contribution in [0, 0.1) is 0 Å². The first-order valence-corrected chi connectivity index (χ1v) is 18.1. The lowest BCUT2D eigenvalue weighted by Crippen LogP contribution is -2.03. The summed E-state index contributed by atoms with van der Waals surface area (Å²) >= 11 is 0. The highest BCUT2D eigenvalue weighted by molar-refractivity contribution is 6.28. The molecule has 53 heavy (non-hydrogen) atoms. The second-order valence-electron chi connectivity index (χ2n) is 14.0. The summed E-state index contributed by atoms with van der Waals surface area (Å²) in [4.78, 5) is 10.6. The molecule has 11 aromatic rings. The maximum Gasteiger partial charge on any atom is 0.235 e. The zero-order chi connectivity index (χ0) is 34.6. The fourth-order valence-electron chi connectivity index (χ4n) is 8.67. The predicted octanol–water partition coefficient (Wildman–Crippen LogP) is 13.1. The normalized spacial score (nSPS) is 13.5. The Balaban J connectivity index is 1.14. The average Bonchev–Trinajstić information content (AvgIpc) is 3.89. The fraction of sp³-hybridized carbons (Fsp3) is 0.0417. The first-order valence-electron chi connectivity index (χ1n) is 18.1. The van der Waals surface area contributed by atoms with Crippen molar-refractivity contribution in [1.29, 1.82) is 0 Å². The van der Waals surface area contributed by atoms with E-state index in [0.29, 0.717) is 5.95 Å². The maximum atomic E-state index is 6.98. The number of allylic oxidation sites excluding steroid dienone is 4. The van der Waals surface area contributed by atoms with Crippen LogP contribution in [0.5, 0.6) is 0 Å². The summed E-state index contributed by atoms with van der Waals surface area (Å²) in [6, 6.07) is 46.7. The van der Waals surface area contributed by atoms with Crippen molar-refractivity contribution >= 4 is 92.9 Å². The van der Waals surface area contributed by atoms with Gasteiger partial charge in [0, 0.05) is 37.9 Å². The standard InChI is InChI=1S/C48H29N3O2/c1-2-12-28(13-3-1)37-27-43-44(33-16-5-4-14-30(33)37)36-24-25-40-45(47(36)53-43)35-18-7-10-20-39(35)51(40)48-49-38-19-9-6-17-34(38)46(50-48)29-22-23-32-31-15-8-11-21-41(31)52-42(32)26-29/h2,4-27H,1,3H2. The highest BCUT2D eigenvalue weighted by Crippen LogP contribution is 2.44. The molecule has 0 unspecified atom stereocenters. The lowest BCUT2D eigenvalue weighted by atomic mass is 9.92. The van der Waals surface area contributed by atoms with Crippen molar-refractivity contribution in [3.8, 4) is 17.2 Å². The van der Waals surface area contributed by atoms with Gasteiger partial charge < -0.3 is 8.83 Å². The van der Waals surface area contributed by atoms with Gasteiger partial charge in [0.2, 0.25) is 5.95 Å². The predicted molar refractivity (Wildman–Crippen MR) is 218 cm³/mol. The van der Waals surface area contributed by atoms with Crippen LogP contribution in [-0.4, -0.2) is 14.5 Å². The third kappa shape index (κ3) is 4.07. The monoisotopic (exact) mass is 679 g/mol. The third-order valence-corrected chi connectivity index (χ3v) is 11.0. The Morgan fingerprint density at radius 3 is 2.15 bits per heavy atom. The van der Waals surface area contributed by atoms with Crippen molar-refractivity contribution in [2.24, 2.45) is 0 Å². The molecular weight excluding hydrogens is 651 g/mol. The highest BCUT2D eigenvalue weighted by Gasteiger charge is 2.23. The van der Waals surface area contributed by atoms with Gasteiger partial charge in [-0.3, -0.25) is 4.57 Å². The molecule has 0 saturated heterocycles. The van der Waals surface area contributed by atoms with Crippen molar-refractivity contribution in [2.45, 2.75) is 12.8 Å². The van der Waals surface area contributed by atoms with Crippen LogP contribution < -0.4 is 0 Å². The molecule has 0 bridgehead atoms. The van der Waals surface area contributed by atoms with Gasteiger partial charge in [0.25, 0.3) is 0 Å². The molecule has 1 aliphatic carbocycles. The van der Waals surface area contributed by atoms with Crippen LogP contribution in [0.4, 0.5) is 0 Å². The first-order chi connectivity index (χ1) is 26.3. The second-order valence-corrected chi connectivity index (χ2v) is 14.0. The molecule has 1 aliphatic rings. The highest BCUT2D eigenvalue weighted by atomic mass is 16.3. The van der Waals surface area contributed by atoms with Crippen LogP contribution in [0.3, 0.4) is 0 Å². The molecule has 0 spiro atoms. The van der Waals surface area contributed by atoms with Crippen LogP contribution in [0.2, 0.25) is 0 Å². The van der Waals surface area contributed by atoms with Crippen LogP contribution in [0.25, 0.3) is 110 Å². The second kappa shape index (κ2) is 10.8. The van der Waals surface area contributed by atoms with Gasteiger partial charge in [-0.25, -0.2) is 9.97 Å². The molecule has 0 saturated carbocycles. The Labute approximate surface area is 302 Å². The van der Waals surface area contributed by atoms with Crippen LogP contribution in [0.15, 0.2) is 161 Å². The van der Waals surface area contributed by atoms with Crippen molar-refractivity contribution in [3.63, 3.8) is 0 Å². The Hall–Kier alpha value is -6.98. The smallest absolute Gasteiger partial charge is 0.235 e. The van der Waals surface area contributed by atoms with Crippen molar-refractivity contribution in [2.75, 3.05) is 0 Å². The molecule has 12 rings (SSSR count). The number of benzene rings is 7.